The van der Waals surface area contributed by atoms with Crippen LogP contribution in [0.4, 0.5) is 0 Å². The van der Waals surface area contributed by atoms with E-state index in [0.717, 1.165) is 4.47 Å². The van der Waals surface area contributed by atoms with Gasteiger partial charge in [0.05, 0.1) is 28.9 Å². The molecule has 5 aromatic rings. The van der Waals surface area contributed by atoms with Gasteiger partial charge in [-0.2, -0.15) is 9.78 Å². The molecule has 5 rings (SSSR count). The standard InChI is InChI=1S/C26H16BrN3O4/c27-19-12-13-22(34-26(32)17-7-2-1-3-8-17)18(15-19)16-28-30-24(23-11-6-14-33-23)29-21-10-5-4-9-20(21)25(30)31/h1-16H. The van der Waals surface area contributed by atoms with Gasteiger partial charge < -0.3 is 9.15 Å². The Balaban J connectivity index is 1.59. The van der Waals surface area contributed by atoms with Gasteiger partial charge >= 0.3 is 5.97 Å². The normalized spacial score (nSPS) is 11.2. The van der Waals surface area contributed by atoms with Crippen molar-refractivity contribution in [3.8, 4) is 17.3 Å². The number of esters is 1. The molecule has 0 aliphatic rings. The van der Waals surface area contributed by atoms with Gasteiger partial charge in [-0.3, -0.25) is 4.79 Å². The first-order valence-electron chi connectivity index (χ1n) is 10.3. The van der Waals surface area contributed by atoms with Crippen molar-refractivity contribution in [1.29, 1.82) is 0 Å². The second-order valence-electron chi connectivity index (χ2n) is 7.23. The molecule has 0 spiro atoms. The quantitative estimate of drug-likeness (QED) is 0.175. The Morgan fingerprint density at radius 3 is 2.59 bits per heavy atom. The average molecular weight is 514 g/mol. The van der Waals surface area contributed by atoms with Crippen LogP contribution in [-0.2, 0) is 0 Å². The average Bonchev–Trinajstić information content (AvgIpc) is 3.40. The number of fused-ring (bicyclic) bond motifs is 1. The first kappa shape index (κ1) is 21.5. The minimum absolute atomic E-state index is 0.253. The zero-order valence-electron chi connectivity index (χ0n) is 17.6. The highest BCUT2D eigenvalue weighted by molar-refractivity contribution is 9.10. The fourth-order valence-corrected chi connectivity index (χ4v) is 3.74. The molecule has 0 fully saturated rings. The zero-order valence-corrected chi connectivity index (χ0v) is 19.2. The fourth-order valence-electron chi connectivity index (χ4n) is 3.36. The number of carbonyl (C=O) groups excluding carboxylic acids is 1. The molecule has 3 aromatic carbocycles. The van der Waals surface area contributed by atoms with Crippen molar-refractivity contribution in [3.63, 3.8) is 0 Å². The van der Waals surface area contributed by atoms with E-state index in [1.54, 1.807) is 72.8 Å². The smallest absolute Gasteiger partial charge is 0.343 e. The van der Waals surface area contributed by atoms with E-state index in [-0.39, 0.29) is 11.4 Å². The summed E-state index contributed by atoms with van der Waals surface area (Å²) in [7, 11) is 0. The number of benzene rings is 3. The maximum absolute atomic E-state index is 13.3. The number of aromatic nitrogens is 2. The predicted octanol–water partition coefficient (Wildman–Crippen LogP) is 5.52. The number of nitrogens with zero attached hydrogens (tertiary/aromatic N) is 3. The van der Waals surface area contributed by atoms with Crippen LogP contribution in [0.5, 0.6) is 5.75 Å². The molecular weight excluding hydrogens is 498 g/mol. The van der Waals surface area contributed by atoms with Crippen LogP contribution < -0.4 is 10.3 Å². The number of carbonyl (C=O) groups is 1. The molecule has 166 valence electrons. The van der Waals surface area contributed by atoms with Gasteiger partial charge in [0, 0.05) is 10.0 Å². The molecule has 0 N–H and O–H groups in total. The zero-order chi connectivity index (χ0) is 23.5. The summed E-state index contributed by atoms with van der Waals surface area (Å²) in [6, 6.07) is 24.3. The van der Waals surface area contributed by atoms with Gasteiger partial charge in [0.1, 0.15) is 5.75 Å². The molecule has 0 aliphatic heterocycles. The molecule has 34 heavy (non-hydrogen) atoms. The monoisotopic (exact) mass is 513 g/mol. The van der Waals surface area contributed by atoms with E-state index in [1.807, 2.05) is 12.1 Å². The Morgan fingerprint density at radius 1 is 1.00 bits per heavy atom. The molecule has 0 unspecified atom stereocenters. The third-order valence-corrected chi connectivity index (χ3v) is 5.48. The highest BCUT2D eigenvalue weighted by Gasteiger charge is 2.15. The van der Waals surface area contributed by atoms with Crippen LogP contribution in [0.25, 0.3) is 22.5 Å². The van der Waals surface area contributed by atoms with E-state index in [1.165, 1.54) is 17.2 Å². The number of furan rings is 1. The van der Waals surface area contributed by atoms with Crippen molar-refractivity contribution < 1.29 is 13.9 Å². The Morgan fingerprint density at radius 2 is 1.79 bits per heavy atom. The maximum atomic E-state index is 13.3. The van der Waals surface area contributed by atoms with E-state index in [4.69, 9.17) is 9.15 Å². The van der Waals surface area contributed by atoms with E-state index < -0.39 is 5.97 Å². The van der Waals surface area contributed by atoms with E-state index >= 15 is 0 Å². The molecule has 0 amide bonds. The summed E-state index contributed by atoms with van der Waals surface area (Å²) in [5.74, 6) is 0.438. The summed E-state index contributed by atoms with van der Waals surface area (Å²) in [6.45, 7) is 0. The van der Waals surface area contributed by atoms with Crippen LogP contribution in [0.1, 0.15) is 15.9 Å². The minimum Gasteiger partial charge on any atom is -0.461 e. The summed E-state index contributed by atoms with van der Waals surface area (Å²) in [4.78, 5) is 30.4. The highest BCUT2D eigenvalue weighted by atomic mass is 79.9. The van der Waals surface area contributed by atoms with Crippen LogP contribution in [0.15, 0.2) is 110 Å². The van der Waals surface area contributed by atoms with Crippen molar-refractivity contribution in [2.45, 2.75) is 0 Å². The Bertz CT molecular complexity index is 1580. The lowest BCUT2D eigenvalue weighted by molar-refractivity contribution is 0.0734. The van der Waals surface area contributed by atoms with Gasteiger partial charge in [0.2, 0.25) is 5.82 Å². The summed E-state index contributed by atoms with van der Waals surface area (Å²) >= 11 is 3.43. The highest BCUT2D eigenvalue weighted by Crippen LogP contribution is 2.24. The van der Waals surface area contributed by atoms with Crippen LogP contribution in [0, 0.1) is 0 Å². The second kappa shape index (κ2) is 9.29. The van der Waals surface area contributed by atoms with Crippen molar-refractivity contribution in [2.24, 2.45) is 5.10 Å². The third kappa shape index (κ3) is 4.31. The number of ether oxygens (including phenoxy) is 1. The Kier molecular flexibility index (Phi) is 5.88. The predicted molar refractivity (Wildman–Crippen MR) is 132 cm³/mol. The number of para-hydroxylation sites is 1. The second-order valence-corrected chi connectivity index (χ2v) is 8.14. The Labute approximate surface area is 202 Å². The van der Waals surface area contributed by atoms with E-state index in [0.29, 0.717) is 33.5 Å². The molecule has 7 nitrogen and oxygen atoms in total. The van der Waals surface area contributed by atoms with Crippen molar-refractivity contribution in [3.05, 3.63) is 117 Å². The first-order chi connectivity index (χ1) is 16.6. The lowest BCUT2D eigenvalue weighted by Gasteiger charge is -2.09. The molecule has 8 heteroatoms. The van der Waals surface area contributed by atoms with Gasteiger partial charge in [0.25, 0.3) is 5.56 Å². The summed E-state index contributed by atoms with van der Waals surface area (Å²) in [6.07, 6.45) is 2.95. The molecule has 2 aromatic heterocycles. The minimum atomic E-state index is -0.501. The van der Waals surface area contributed by atoms with Crippen molar-refractivity contribution >= 4 is 39.0 Å². The van der Waals surface area contributed by atoms with Crippen molar-refractivity contribution in [1.82, 2.24) is 9.66 Å². The molecule has 2 heterocycles. The largest absolute Gasteiger partial charge is 0.461 e. The number of hydrogen-bond donors (Lipinski definition) is 0. The first-order valence-corrected chi connectivity index (χ1v) is 11.1. The van der Waals surface area contributed by atoms with Crippen LogP contribution in [-0.4, -0.2) is 21.8 Å². The van der Waals surface area contributed by atoms with Crippen LogP contribution in [0.2, 0.25) is 0 Å². The van der Waals surface area contributed by atoms with E-state index in [2.05, 4.69) is 26.0 Å². The topological polar surface area (TPSA) is 86.7 Å². The van der Waals surface area contributed by atoms with Crippen LogP contribution >= 0.6 is 15.9 Å². The lowest BCUT2D eigenvalue weighted by atomic mass is 10.2. The molecule has 0 radical (unpaired) electrons. The van der Waals surface area contributed by atoms with Gasteiger partial charge in [-0.15, -0.1) is 0 Å². The summed E-state index contributed by atoms with van der Waals surface area (Å²) < 4.78 is 13.0. The molecule has 0 saturated carbocycles. The van der Waals surface area contributed by atoms with Crippen LogP contribution in [0.3, 0.4) is 0 Å². The van der Waals surface area contributed by atoms with Gasteiger partial charge in [-0.25, -0.2) is 9.78 Å². The van der Waals surface area contributed by atoms with Crippen molar-refractivity contribution in [2.75, 3.05) is 0 Å². The fraction of sp³-hybridized carbons (Fsp3) is 0. The molecular formula is C26H16BrN3O4. The summed E-state index contributed by atoms with van der Waals surface area (Å²) in [5.41, 5.74) is 1.09. The lowest BCUT2D eigenvalue weighted by Crippen LogP contribution is -2.20. The molecule has 0 aliphatic carbocycles. The number of hydrogen-bond acceptors (Lipinski definition) is 6. The Hall–Kier alpha value is -4.30. The maximum Gasteiger partial charge on any atom is 0.343 e. The van der Waals surface area contributed by atoms with Gasteiger partial charge in [0.15, 0.2) is 5.76 Å². The van der Waals surface area contributed by atoms with Gasteiger partial charge in [-0.05, 0) is 54.6 Å². The summed E-state index contributed by atoms with van der Waals surface area (Å²) in [5, 5.41) is 4.83. The van der Waals surface area contributed by atoms with E-state index in [9.17, 15) is 9.59 Å². The molecule has 0 saturated heterocycles. The third-order valence-electron chi connectivity index (χ3n) is 4.99. The number of rotatable bonds is 5. The van der Waals surface area contributed by atoms with Gasteiger partial charge in [-0.1, -0.05) is 46.3 Å². The molecule has 0 bridgehead atoms. The SMILES string of the molecule is O=C(Oc1ccc(Br)cc1C=Nn1c(-c2ccco2)nc2ccccc2c1=O)c1ccccc1. The molecule has 0 atom stereocenters. The number of halogens is 1.